The molecule has 0 saturated carbocycles. The van der Waals surface area contributed by atoms with Crippen molar-refractivity contribution in [3.8, 4) is 17.2 Å². The van der Waals surface area contributed by atoms with Crippen molar-refractivity contribution in [2.75, 3.05) is 37.0 Å². The van der Waals surface area contributed by atoms with Crippen molar-refractivity contribution in [3.63, 3.8) is 0 Å². The van der Waals surface area contributed by atoms with Gasteiger partial charge in [0.15, 0.2) is 18.1 Å². The molecule has 4 aromatic rings. The van der Waals surface area contributed by atoms with Crippen molar-refractivity contribution in [1.82, 2.24) is 5.43 Å². The predicted molar refractivity (Wildman–Crippen MR) is 173 cm³/mol. The monoisotopic (exact) mass is 630 g/mol. The molecule has 0 heterocycles. The smallest absolute Gasteiger partial charge is 0.264 e. The molecule has 12 heteroatoms. The summed E-state index contributed by atoms with van der Waals surface area (Å²) in [5.41, 5.74) is 5.71. The molecule has 0 aliphatic heterocycles. The molecule has 4 aromatic carbocycles. The summed E-state index contributed by atoms with van der Waals surface area (Å²) >= 11 is 0. The Balaban J connectivity index is 1.42. The summed E-state index contributed by atoms with van der Waals surface area (Å²) < 4.78 is 44.8. The van der Waals surface area contributed by atoms with Crippen LogP contribution in [0.15, 0.2) is 101 Å². The number of methoxy groups -OCH3 is 2. The van der Waals surface area contributed by atoms with Crippen molar-refractivity contribution < 1.29 is 32.2 Å². The number of ether oxygens (including phenoxy) is 3. The maximum absolute atomic E-state index is 13.8. The fourth-order valence-corrected chi connectivity index (χ4v) is 5.80. The first-order valence-electron chi connectivity index (χ1n) is 13.8. The van der Waals surface area contributed by atoms with Gasteiger partial charge in [0.1, 0.15) is 12.3 Å². The number of hydrogen-bond acceptors (Lipinski definition) is 8. The van der Waals surface area contributed by atoms with Gasteiger partial charge in [0, 0.05) is 11.8 Å². The fraction of sp³-hybridized carbons (Fsp3) is 0.182. The third kappa shape index (κ3) is 8.83. The van der Waals surface area contributed by atoms with Gasteiger partial charge in [-0.25, -0.2) is 13.8 Å². The predicted octanol–water partition coefficient (Wildman–Crippen LogP) is 4.68. The van der Waals surface area contributed by atoms with Crippen LogP contribution in [0, 0.1) is 13.8 Å². The van der Waals surface area contributed by atoms with E-state index in [-0.39, 0.29) is 23.2 Å². The van der Waals surface area contributed by atoms with E-state index in [0.29, 0.717) is 28.4 Å². The van der Waals surface area contributed by atoms with Gasteiger partial charge in [-0.05, 0) is 91.2 Å². The van der Waals surface area contributed by atoms with Crippen LogP contribution in [-0.2, 0) is 19.6 Å². The van der Waals surface area contributed by atoms with Crippen molar-refractivity contribution in [1.29, 1.82) is 0 Å². The second-order valence-corrected chi connectivity index (χ2v) is 11.8. The third-order valence-electron chi connectivity index (χ3n) is 6.44. The highest BCUT2D eigenvalue weighted by Crippen LogP contribution is 2.32. The molecular formula is C33H34N4O7S. The van der Waals surface area contributed by atoms with Crippen LogP contribution < -0.4 is 29.3 Å². The van der Waals surface area contributed by atoms with Gasteiger partial charge in [0.2, 0.25) is 0 Å². The molecule has 45 heavy (non-hydrogen) atoms. The van der Waals surface area contributed by atoms with E-state index in [0.717, 1.165) is 15.4 Å². The van der Waals surface area contributed by atoms with Gasteiger partial charge in [0.25, 0.3) is 21.8 Å². The Kier molecular flexibility index (Phi) is 10.8. The number of para-hydroxylation sites is 1. The summed E-state index contributed by atoms with van der Waals surface area (Å²) in [7, 11) is -1.35. The minimum atomic E-state index is -4.21. The molecule has 11 nitrogen and oxygen atoms in total. The van der Waals surface area contributed by atoms with Crippen LogP contribution in [0.2, 0.25) is 0 Å². The van der Waals surface area contributed by atoms with Crippen LogP contribution in [-0.4, -0.2) is 53.8 Å². The van der Waals surface area contributed by atoms with E-state index in [1.165, 1.54) is 38.6 Å². The van der Waals surface area contributed by atoms with Crippen molar-refractivity contribution in [2.24, 2.45) is 5.10 Å². The molecule has 0 fully saturated rings. The highest BCUT2D eigenvalue weighted by Gasteiger charge is 2.28. The van der Waals surface area contributed by atoms with E-state index in [1.54, 1.807) is 48.5 Å². The second-order valence-electron chi connectivity index (χ2n) is 9.94. The number of rotatable bonds is 13. The number of nitrogens with zero attached hydrogens (tertiary/aromatic N) is 2. The molecular weight excluding hydrogens is 596 g/mol. The van der Waals surface area contributed by atoms with Gasteiger partial charge in [0.05, 0.1) is 31.0 Å². The van der Waals surface area contributed by atoms with E-state index < -0.39 is 22.5 Å². The standard InChI is InChI=1S/C33H34N4O7S/c1-23-16-24(2)18-27(17-23)37(45(40,41)29-14-15-30(42-3)31(19-29)43-4)21-32(38)36-34-20-25-10-12-28(13-11-25)44-22-33(39)35-26-8-6-5-7-9-26/h5-20H,21-22H2,1-4H3,(H,35,39)(H,36,38)/b34-20-. The number of aryl methyl sites for hydroxylation is 2. The van der Waals surface area contributed by atoms with Gasteiger partial charge in [-0.15, -0.1) is 0 Å². The Morgan fingerprint density at radius 3 is 2.13 bits per heavy atom. The summed E-state index contributed by atoms with van der Waals surface area (Å²) in [5.74, 6) is 0.134. The molecule has 0 aromatic heterocycles. The molecule has 4 rings (SSSR count). The Bertz CT molecular complexity index is 1760. The highest BCUT2D eigenvalue weighted by atomic mass is 32.2. The van der Waals surface area contributed by atoms with Gasteiger partial charge in [-0.2, -0.15) is 5.10 Å². The first-order chi connectivity index (χ1) is 21.6. The minimum Gasteiger partial charge on any atom is -0.493 e. The second kappa shape index (κ2) is 14.9. The lowest BCUT2D eigenvalue weighted by atomic mass is 10.1. The lowest BCUT2D eigenvalue weighted by molar-refractivity contribution is -0.119. The molecule has 234 valence electrons. The van der Waals surface area contributed by atoms with E-state index in [4.69, 9.17) is 14.2 Å². The maximum atomic E-state index is 13.8. The zero-order valence-electron chi connectivity index (χ0n) is 25.3. The van der Waals surface area contributed by atoms with Gasteiger partial charge < -0.3 is 19.5 Å². The Labute approximate surface area is 262 Å². The molecule has 0 unspecified atom stereocenters. The topological polar surface area (TPSA) is 136 Å². The SMILES string of the molecule is COc1ccc(S(=O)(=O)N(CC(=O)N/N=C\c2ccc(OCC(=O)Nc3ccccc3)cc2)c2cc(C)cc(C)c2)cc1OC. The van der Waals surface area contributed by atoms with Crippen molar-refractivity contribution in [2.45, 2.75) is 18.7 Å². The number of carbonyl (C=O) groups is 2. The van der Waals surface area contributed by atoms with E-state index in [2.05, 4.69) is 15.8 Å². The zero-order valence-corrected chi connectivity index (χ0v) is 26.1. The van der Waals surface area contributed by atoms with Crippen molar-refractivity contribution in [3.05, 3.63) is 108 Å². The van der Waals surface area contributed by atoms with Crippen LogP contribution in [0.25, 0.3) is 0 Å². The first kappa shape index (κ1) is 32.6. The van der Waals surface area contributed by atoms with Crippen LogP contribution in [0.3, 0.4) is 0 Å². The number of anilines is 2. The fourth-order valence-electron chi connectivity index (χ4n) is 4.38. The van der Waals surface area contributed by atoms with E-state index in [9.17, 15) is 18.0 Å². The molecule has 2 N–H and O–H groups in total. The third-order valence-corrected chi connectivity index (χ3v) is 8.20. The van der Waals surface area contributed by atoms with Crippen LogP contribution in [0.1, 0.15) is 16.7 Å². The number of carbonyl (C=O) groups excluding carboxylic acids is 2. The Morgan fingerprint density at radius 1 is 0.822 bits per heavy atom. The molecule has 0 saturated heterocycles. The average molecular weight is 631 g/mol. The molecule has 0 spiro atoms. The molecule has 0 bridgehead atoms. The summed E-state index contributed by atoms with van der Waals surface area (Å²) in [6.07, 6.45) is 1.41. The number of benzene rings is 4. The lowest BCUT2D eigenvalue weighted by Gasteiger charge is -2.25. The molecule has 0 radical (unpaired) electrons. The number of hydrogen-bond donors (Lipinski definition) is 2. The summed E-state index contributed by atoms with van der Waals surface area (Å²) in [6.45, 7) is 2.99. The van der Waals surface area contributed by atoms with Gasteiger partial charge >= 0.3 is 0 Å². The number of amides is 2. The average Bonchev–Trinajstić information content (AvgIpc) is 3.02. The summed E-state index contributed by atoms with van der Waals surface area (Å²) in [6, 6.07) is 25.3. The number of hydrazone groups is 1. The maximum Gasteiger partial charge on any atom is 0.264 e. The van der Waals surface area contributed by atoms with Crippen LogP contribution in [0.4, 0.5) is 11.4 Å². The molecule has 2 amide bonds. The van der Waals surface area contributed by atoms with Crippen molar-refractivity contribution >= 4 is 39.4 Å². The summed E-state index contributed by atoms with van der Waals surface area (Å²) in [4.78, 5) is 25.0. The number of sulfonamides is 1. The van der Waals surface area contributed by atoms with E-state index in [1.807, 2.05) is 38.1 Å². The molecule has 0 atom stereocenters. The number of nitrogens with one attached hydrogen (secondary N) is 2. The summed E-state index contributed by atoms with van der Waals surface area (Å²) in [5, 5.41) is 6.73. The quantitative estimate of drug-likeness (QED) is 0.162. The first-order valence-corrected chi connectivity index (χ1v) is 15.3. The highest BCUT2D eigenvalue weighted by molar-refractivity contribution is 7.92. The normalized spacial score (nSPS) is 11.1. The van der Waals surface area contributed by atoms with Crippen LogP contribution in [0.5, 0.6) is 17.2 Å². The van der Waals surface area contributed by atoms with Gasteiger partial charge in [-0.3, -0.25) is 13.9 Å². The van der Waals surface area contributed by atoms with Gasteiger partial charge in [-0.1, -0.05) is 24.3 Å². The zero-order chi connectivity index (χ0) is 32.4. The largest absolute Gasteiger partial charge is 0.493 e. The minimum absolute atomic E-state index is 0.0736. The molecule has 0 aliphatic rings. The Morgan fingerprint density at radius 2 is 1.49 bits per heavy atom. The lowest BCUT2D eigenvalue weighted by Crippen LogP contribution is -2.39. The molecule has 0 aliphatic carbocycles. The van der Waals surface area contributed by atoms with Crippen LogP contribution >= 0.6 is 0 Å². The van der Waals surface area contributed by atoms with E-state index >= 15 is 0 Å². The Hall–Kier alpha value is -5.36.